The smallest absolute Gasteiger partial charge is 0.302 e. The van der Waals surface area contributed by atoms with Crippen molar-refractivity contribution < 1.29 is 19.1 Å². The van der Waals surface area contributed by atoms with Crippen molar-refractivity contribution in [2.75, 3.05) is 14.2 Å². The third kappa shape index (κ3) is 63.9. The van der Waals surface area contributed by atoms with Crippen molar-refractivity contribution >= 4 is 20.4 Å². The van der Waals surface area contributed by atoms with Gasteiger partial charge in [-0.3, -0.25) is 9.59 Å². The van der Waals surface area contributed by atoms with E-state index < -0.39 is 0 Å². The van der Waals surface area contributed by atoms with Gasteiger partial charge in [-0.25, -0.2) is 0 Å². The standard InChI is InChI=1S/2C3H6O2.CH4.BH/c2*1-3(4)5-2;;/h2*1-2H3;1H4;1H. The molecule has 0 fully saturated rings. The number of carbonyl (C=O) groups is 2. The molecule has 0 aliphatic heterocycles. The highest BCUT2D eigenvalue weighted by Crippen LogP contribution is 1.60. The zero-order valence-electron chi connectivity index (χ0n) is 7.34. The second-order valence-corrected chi connectivity index (χ2v) is 1.39. The molecule has 0 bridgehead atoms. The predicted molar refractivity (Wildman–Crippen MR) is 49.3 cm³/mol. The fraction of sp³-hybridized carbons (Fsp3) is 0.714. The Morgan fingerprint density at radius 3 is 1.00 bits per heavy atom. The maximum atomic E-state index is 9.59. The summed E-state index contributed by atoms with van der Waals surface area (Å²) in [5.41, 5.74) is 0. The Kier molecular flexibility index (Phi) is 30.9. The lowest BCUT2D eigenvalue weighted by Crippen LogP contribution is -1.88. The summed E-state index contributed by atoms with van der Waals surface area (Å²) < 4.78 is 8.22. The number of ether oxygens (including phenoxy) is 2. The molecular formula is C7H17BO4. The van der Waals surface area contributed by atoms with Gasteiger partial charge in [0.1, 0.15) is 0 Å². The molecule has 0 spiro atoms. The molecule has 72 valence electrons. The Hall–Kier alpha value is -0.995. The molecule has 0 aliphatic rings. The van der Waals surface area contributed by atoms with Crippen LogP contribution >= 0.6 is 0 Å². The molecule has 0 atom stereocenters. The Balaban J connectivity index is -0.0000000457. The number of methoxy groups -OCH3 is 2. The largest absolute Gasteiger partial charge is 0.469 e. The Bertz CT molecular complexity index is 100.0. The van der Waals surface area contributed by atoms with Crippen molar-refractivity contribution in [2.45, 2.75) is 21.3 Å². The first-order chi connectivity index (χ1) is 4.54. The number of hydrogen-bond acceptors (Lipinski definition) is 4. The van der Waals surface area contributed by atoms with E-state index in [0.29, 0.717) is 0 Å². The summed E-state index contributed by atoms with van der Waals surface area (Å²) in [6.07, 6.45) is 0. The first-order valence-corrected chi connectivity index (χ1v) is 2.63. The molecule has 0 rings (SSSR count). The van der Waals surface area contributed by atoms with Crippen LogP contribution in [0.2, 0.25) is 0 Å². The van der Waals surface area contributed by atoms with Crippen molar-refractivity contribution in [1.82, 2.24) is 0 Å². The van der Waals surface area contributed by atoms with Crippen LogP contribution in [0.1, 0.15) is 21.3 Å². The molecule has 12 heavy (non-hydrogen) atoms. The second-order valence-electron chi connectivity index (χ2n) is 1.39. The van der Waals surface area contributed by atoms with E-state index in [9.17, 15) is 9.59 Å². The first kappa shape index (κ1) is 22.4. The third-order valence-electron chi connectivity index (χ3n) is 0.575. The lowest BCUT2D eigenvalue weighted by Gasteiger charge is -1.80. The molecule has 4 nitrogen and oxygen atoms in total. The van der Waals surface area contributed by atoms with E-state index in [1.54, 1.807) is 0 Å². The molecule has 0 aromatic heterocycles. The topological polar surface area (TPSA) is 52.6 Å². The summed E-state index contributed by atoms with van der Waals surface area (Å²) in [6, 6.07) is 0. The van der Waals surface area contributed by atoms with E-state index in [0.717, 1.165) is 0 Å². The van der Waals surface area contributed by atoms with Crippen LogP contribution < -0.4 is 0 Å². The zero-order chi connectivity index (χ0) is 8.57. The highest BCUT2D eigenvalue weighted by atomic mass is 16.5. The SMILES string of the molecule is C.COC(C)=O.COC(C)=O.[BH]. The van der Waals surface area contributed by atoms with E-state index >= 15 is 0 Å². The van der Waals surface area contributed by atoms with Gasteiger partial charge in [0.15, 0.2) is 0 Å². The van der Waals surface area contributed by atoms with Gasteiger partial charge in [-0.1, -0.05) is 7.43 Å². The van der Waals surface area contributed by atoms with E-state index in [2.05, 4.69) is 9.47 Å². The lowest BCUT2D eigenvalue weighted by molar-refractivity contribution is -0.138. The molecule has 2 radical (unpaired) electrons. The fourth-order valence-corrected chi connectivity index (χ4v) is 0. The summed E-state index contributed by atoms with van der Waals surface area (Å²) in [6.45, 7) is 2.72. The van der Waals surface area contributed by atoms with E-state index in [1.807, 2.05) is 0 Å². The van der Waals surface area contributed by atoms with Crippen LogP contribution in [0.5, 0.6) is 0 Å². The highest BCUT2D eigenvalue weighted by molar-refractivity contribution is 5.75. The third-order valence-corrected chi connectivity index (χ3v) is 0.575. The normalized spacial score (nSPS) is 5.67. The maximum absolute atomic E-state index is 9.59. The van der Waals surface area contributed by atoms with Crippen LogP contribution in [0.4, 0.5) is 0 Å². The van der Waals surface area contributed by atoms with Crippen LogP contribution in [0.25, 0.3) is 0 Å². The minimum absolute atomic E-state index is 0. The van der Waals surface area contributed by atoms with Gasteiger partial charge < -0.3 is 9.47 Å². The number of rotatable bonds is 0. The van der Waals surface area contributed by atoms with Crippen molar-refractivity contribution in [2.24, 2.45) is 0 Å². The van der Waals surface area contributed by atoms with Crippen molar-refractivity contribution in [3.8, 4) is 0 Å². The van der Waals surface area contributed by atoms with Gasteiger partial charge in [-0.15, -0.1) is 0 Å². The molecule has 0 aromatic rings. The molecule has 0 saturated heterocycles. The molecule has 0 heterocycles. The van der Waals surface area contributed by atoms with Gasteiger partial charge in [0.2, 0.25) is 0 Å². The van der Waals surface area contributed by atoms with Gasteiger partial charge in [0.05, 0.1) is 14.2 Å². The Morgan fingerprint density at radius 1 is 0.917 bits per heavy atom. The molecule has 0 aromatic carbocycles. The van der Waals surface area contributed by atoms with E-state index in [4.69, 9.17) is 0 Å². The number of carbonyl (C=O) groups excluding carboxylic acids is 2. The van der Waals surface area contributed by atoms with Gasteiger partial charge in [-0.05, 0) is 0 Å². The quantitative estimate of drug-likeness (QED) is 0.394. The van der Waals surface area contributed by atoms with Crippen LogP contribution in [0.3, 0.4) is 0 Å². The molecular weight excluding hydrogens is 159 g/mol. The van der Waals surface area contributed by atoms with Gasteiger partial charge >= 0.3 is 11.9 Å². The maximum Gasteiger partial charge on any atom is 0.302 e. The summed E-state index contributed by atoms with van der Waals surface area (Å²) in [4.78, 5) is 19.2. The van der Waals surface area contributed by atoms with Crippen molar-refractivity contribution in [3.05, 3.63) is 0 Å². The molecule has 5 heteroatoms. The number of hydrogen-bond donors (Lipinski definition) is 0. The highest BCUT2D eigenvalue weighted by Gasteiger charge is 1.76. The average molecular weight is 176 g/mol. The van der Waals surface area contributed by atoms with Crippen LogP contribution in [0, 0.1) is 0 Å². The van der Waals surface area contributed by atoms with E-state index in [-0.39, 0.29) is 27.8 Å². The lowest BCUT2D eigenvalue weighted by atomic mass is 10.8. The van der Waals surface area contributed by atoms with Gasteiger partial charge in [0, 0.05) is 22.3 Å². The summed E-state index contributed by atoms with van der Waals surface area (Å²) in [7, 11) is 2.70. The summed E-state index contributed by atoms with van der Waals surface area (Å²) in [5.74, 6) is -0.491. The van der Waals surface area contributed by atoms with Crippen molar-refractivity contribution in [1.29, 1.82) is 0 Å². The fourth-order valence-electron chi connectivity index (χ4n) is 0. The monoisotopic (exact) mass is 176 g/mol. The number of esters is 2. The Labute approximate surface area is 75.8 Å². The minimum atomic E-state index is -0.245. The Morgan fingerprint density at radius 2 is 1.00 bits per heavy atom. The molecule has 0 N–H and O–H groups in total. The molecule has 0 unspecified atom stereocenters. The van der Waals surface area contributed by atoms with Gasteiger partial charge in [-0.2, -0.15) is 0 Å². The van der Waals surface area contributed by atoms with Gasteiger partial charge in [0.25, 0.3) is 0 Å². The predicted octanol–water partition coefficient (Wildman–Crippen LogP) is 0.346. The molecule has 0 saturated carbocycles. The molecule has 0 aliphatic carbocycles. The first-order valence-electron chi connectivity index (χ1n) is 2.63. The zero-order valence-corrected chi connectivity index (χ0v) is 7.34. The van der Waals surface area contributed by atoms with Crippen LogP contribution in [-0.2, 0) is 19.1 Å². The average Bonchev–Trinajstić information content (AvgIpc) is 1.89. The summed E-state index contributed by atoms with van der Waals surface area (Å²) >= 11 is 0. The molecule has 0 amide bonds. The second kappa shape index (κ2) is 16.5. The van der Waals surface area contributed by atoms with E-state index in [1.165, 1.54) is 28.1 Å². The van der Waals surface area contributed by atoms with Crippen molar-refractivity contribution in [3.63, 3.8) is 0 Å². The van der Waals surface area contributed by atoms with Crippen LogP contribution in [-0.4, -0.2) is 34.6 Å². The summed E-state index contributed by atoms with van der Waals surface area (Å²) in [5, 5.41) is 0. The minimum Gasteiger partial charge on any atom is -0.469 e. The van der Waals surface area contributed by atoms with Crippen LogP contribution in [0.15, 0.2) is 0 Å².